The van der Waals surface area contributed by atoms with Gasteiger partial charge in [-0.2, -0.15) is 0 Å². The van der Waals surface area contributed by atoms with Gasteiger partial charge in [0, 0.05) is 16.5 Å². The van der Waals surface area contributed by atoms with Gasteiger partial charge in [-0.3, -0.25) is 0 Å². The fourth-order valence-corrected chi connectivity index (χ4v) is 2.57. The van der Waals surface area contributed by atoms with Crippen LogP contribution in [0.15, 0.2) is 33.1 Å². The van der Waals surface area contributed by atoms with Gasteiger partial charge >= 0.3 is 5.97 Å². The van der Waals surface area contributed by atoms with Crippen LogP contribution in [0.3, 0.4) is 0 Å². The van der Waals surface area contributed by atoms with Gasteiger partial charge in [0.15, 0.2) is 5.09 Å². The second kappa shape index (κ2) is 5.42. The number of carbonyl (C=O) groups excluding carboxylic acids is 1. The maximum Gasteiger partial charge on any atom is 0.374 e. The largest absolute Gasteiger partial charge is 0.460 e. The van der Waals surface area contributed by atoms with Crippen LogP contribution in [0.5, 0.6) is 0 Å². The number of carbonyl (C=O) groups is 1. The second-order valence-electron chi connectivity index (χ2n) is 3.21. The summed E-state index contributed by atoms with van der Waals surface area (Å²) >= 11 is 3.04. The highest BCUT2D eigenvalue weighted by Crippen LogP contribution is 2.34. The lowest BCUT2D eigenvalue weighted by Crippen LogP contribution is -2.04. The zero-order chi connectivity index (χ0) is 12.3. The quantitative estimate of drug-likeness (QED) is 0.622. The van der Waals surface area contributed by atoms with Crippen molar-refractivity contribution in [1.82, 2.24) is 0 Å². The monoisotopic (exact) mass is 268 g/mol. The molecule has 0 aromatic carbocycles. The number of ether oxygens (including phenoxy) is 1. The first-order valence-electron chi connectivity index (χ1n) is 5.15. The number of thioether (sulfide) groups is 1. The van der Waals surface area contributed by atoms with Gasteiger partial charge < -0.3 is 9.15 Å². The molecule has 90 valence electrons. The lowest BCUT2D eigenvalue weighted by atomic mass is 10.2. The average molecular weight is 268 g/mol. The molecule has 2 rings (SSSR count). The Kier molecular flexibility index (Phi) is 3.91. The van der Waals surface area contributed by atoms with Crippen molar-refractivity contribution in [3.05, 3.63) is 29.3 Å². The van der Waals surface area contributed by atoms with E-state index in [1.54, 1.807) is 18.3 Å². The molecule has 3 nitrogen and oxygen atoms in total. The Morgan fingerprint density at radius 2 is 2.41 bits per heavy atom. The molecule has 2 aromatic rings. The Morgan fingerprint density at radius 3 is 3.00 bits per heavy atom. The number of esters is 1. The highest BCUT2D eigenvalue weighted by Gasteiger charge is 2.21. The van der Waals surface area contributed by atoms with Crippen LogP contribution in [0.1, 0.15) is 17.5 Å². The Labute approximate surface area is 108 Å². The number of hydrogen-bond acceptors (Lipinski definition) is 5. The van der Waals surface area contributed by atoms with Crippen molar-refractivity contribution in [3.63, 3.8) is 0 Å². The van der Waals surface area contributed by atoms with Gasteiger partial charge in [-0.15, -0.1) is 11.3 Å². The molecule has 0 aliphatic carbocycles. The van der Waals surface area contributed by atoms with Gasteiger partial charge in [0.05, 0.1) is 6.61 Å². The van der Waals surface area contributed by atoms with E-state index in [1.165, 1.54) is 11.8 Å². The lowest BCUT2D eigenvalue weighted by molar-refractivity contribution is 0.0485. The van der Waals surface area contributed by atoms with Crippen molar-refractivity contribution in [2.45, 2.75) is 12.0 Å². The molecule has 0 atom stereocenters. The summed E-state index contributed by atoms with van der Waals surface area (Å²) in [7, 11) is 0. The molecule has 0 spiro atoms. The third kappa shape index (κ3) is 2.56. The van der Waals surface area contributed by atoms with E-state index in [2.05, 4.69) is 0 Å². The molecule has 0 bridgehead atoms. The van der Waals surface area contributed by atoms with Crippen molar-refractivity contribution in [2.75, 3.05) is 12.9 Å². The first kappa shape index (κ1) is 12.3. The van der Waals surface area contributed by atoms with E-state index in [0.717, 1.165) is 15.5 Å². The fraction of sp³-hybridized carbons (Fsp3) is 0.250. The summed E-state index contributed by atoms with van der Waals surface area (Å²) in [5.41, 5.74) is 0.808. The fourth-order valence-electron chi connectivity index (χ4n) is 1.43. The predicted octanol–water partition coefficient (Wildman–Crippen LogP) is 3.91. The van der Waals surface area contributed by atoms with E-state index >= 15 is 0 Å². The molecule has 0 amide bonds. The van der Waals surface area contributed by atoms with E-state index in [1.807, 2.05) is 29.8 Å². The molecule has 0 radical (unpaired) electrons. The zero-order valence-corrected chi connectivity index (χ0v) is 11.2. The standard InChI is InChI=1S/C12H12O3S2/c1-3-14-12(13)11-8(7-10(15-11)16-2)9-5-4-6-17-9/h4-7H,3H2,1-2H3. The molecule has 0 aliphatic heterocycles. The average Bonchev–Trinajstić information content (AvgIpc) is 2.98. The van der Waals surface area contributed by atoms with Crippen molar-refractivity contribution >= 4 is 29.1 Å². The van der Waals surface area contributed by atoms with Crippen LogP contribution in [-0.4, -0.2) is 18.8 Å². The van der Waals surface area contributed by atoms with Gasteiger partial charge in [0.2, 0.25) is 5.76 Å². The summed E-state index contributed by atoms with van der Waals surface area (Å²) in [6.07, 6.45) is 1.91. The van der Waals surface area contributed by atoms with Gasteiger partial charge in [-0.25, -0.2) is 4.79 Å². The van der Waals surface area contributed by atoms with Crippen molar-refractivity contribution in [1.29, 1.82) is 0 Å². The molecule has 17 heavy (non-hydrogen) atoms. The first-order chi connectivity index (χ1) is 8.26. The van der Waals surface area contributed by atoms with Gasteiger partial charge in [0.1, 0.15) is 0 Å². The van der Waals surface area contributed by atoms with Crippen LogP contribution in [0.25, 0.3) is 10.4 Å². The molecule has 2 aromatic heterocycles. The number of hydrogen-bond donors (Lipinski definition) is 0. The van der Waals surface area contributed by atoms with Crippen molar-refractivity contribution < 1.29 is 13.9 Å². The van der Waals surface area contributed by atoms with Gasteiger partial charge in [-0.05, 0) is 24.6 Å². The third-order valence-corrected chi connectivity index (χ3v) is 3.66. The smallest absolute Gasteiger partial charge is 0.374 e. The van der Waals surface area contributed by atoms with E-state index in [4.69, 9.17) is 9.15 Å². The molecule has 0 saturated carbocycles. The molecule has 0 unspecified atom stereocenters. The Morgan fingerprint density at radius 1 is 1.59 bits per heavy atom. The summed E-state index contributed by atoms with van der Waals surface area (Å²) in [6.45, 7) is 2.12. The molecular weight excluding hydrogens is 256 g/mol. The van der Waals surface area contributed by atoms with Crippen molar-refractivity contribution in [3.8, 4) is 10.4 Å². The summed E-state index contributed by atoms with van der Waals surface area (Å²) in [4.78, 5) is 12.8. The zero-order valence-electron chi connectivity index (χ0n) is 9.56. The van der Waals surface area contributed by atoms with Crippen molar-refractivity contribution in [2.24, 2.45) is 0 Å². The lowest BCUT2D eigenvalue weighted by Gasteiger charge is -2.00. The molecule has 2 heterocycles. The van der Waals surface area contributed by atoms with Crippen LogP contribution >= 0.6 is 23.1 Å². The van der Waals surface area contributed by atoms with E-state index in [0.29, 0.717) is 12.4 Å². The summed E-state index contributed by atoms with van der Waals surface area (Å²) in [5, 5.41) is 2.69. The Hall–Kier alpha value is -1.20. The minimum absolute atomic E-state index is 0.290. The van der Waals surface area contributed by atoms with Crippen LogP contribution in [0.2, 0.25) is 0 Å². The Bertz CT molecular complexity index is 500. The molecule has 0 saturated heterocycles. The van der Waals surface area contributed by atoms with Gasteiger partial charge in [0.25, 0.3) is 0 Å². The van der Waals surface area contributed by atoms with E-state index in [-0.39, 0.29) is 0 Å². The topological polar surface area (TPSA) is 39.4 Å². The summed E-state index contributed by atoms with van der Waals surface area (Å²) < 4.78 is 10.5. The van der Waals surface area contributed by atoms with E-state index in [9.17, 15) is 4.79 Å². The molecule has 5 heteroatoms. The third-order valence-electron chi connectivity index (χ3n) is 2.16. The SMILES string of the molecule is CCOC(=O)c1oc(SC)cc1-c1cccs1. The predicted molar refractivity (Wildman–Crippen MR) is 69.8 cm³/mol. The van der Waals surface area contributed by atoms with Crippen LogP contribution in [0, 0.1) is 0 Å². The number of rotatable bonds is 4. The molecular formula is C12H12O3S2. The van der Waals surface area contributed by atoms with Crippen LogP contribution in [-0.2, 0) is 4.74 Å². The highest BCUT2D eigenvalue weighted by molar-refractivity contribution is 7.98. The first-order valence-corrected chi connectivity index (χ1v) is 7.25. The molecule has 0 fully saturated rings. The van der Waals surface area contributed by atoms with E-state index < -0.39 is 5.97 Å². The van der Waals surface area contributed by atoms with Crippen LogP contribution < -0.4 is 0 Å². The summed E-state index contributed by atoms with van der Waals surface area (Å²) in [6, 6.07) is 5.78. The molecule has 0 aliphatic rings. The minimum atomic E-state index is -0.406. The minimum Gasteiger partial charge on any atom is -0.460 e. The molecule has 0 N–H and O–H groups in total. The Balaban J connectivity index is 2.43. The van der Waals surface area contributed by atoms with Crippen LogP contribution in [0.4, 0.5) is 0 Å². The number of furan rings is 1. The second-order valence-corrected chi connectivity index (χ2v) is 4.97. The van der Waals surface area contributed by atoms with Gasteiger partial charge in [-0.1, -0.05) is 17.8 Å². The number of thiophene rings is 1. The highest BCUT2D eigenvalue weighted by atomic mass is 32.2. The maximum atomic E-state index is 11.8. The summed E-state index contributed by atoms with van der Waals surface area (Å²) in [5.74, 6) is -0.116. The normalized spacial score (nSPS) is 10.5. The maximum absolute atomic E-state index is 11.8.